The Morgan fingerprint density at radius 2 is 2.00 bits per heavy atom. The molecule has 0 atom stereocenters. The van der Waals surface area contributed by atoms with Gasteiger partial charge in [0.2, 0.25) is 0 Å². The van der Waals surface area contributed by atoms with E-state index in [0.29, 0.717) is 0 Å². The van der Waals surface area contributed by atoms with Crippen LogP contribution in [-0.2, 0) is 13.5 Å². The fourth-order valence-electron chi connectivity index (χ4n) is 2.20. The number of aryl methyl sites for hydroxylation is 3. The van der Waals surface area contributed by atoms with Gasteiger partial charge in [0.15, 0.2) is 0 Å². The summed E-state index contributed by atoms with van der Waals surface area (Å²) in [6, 6.07) is 6.84. The van der Waals surface area contributed by atoms with Crippen molar-refractivity contribution >= 4 is 11.3 Å². The normalized spacial score (nSPS) is 11.1. The highest BCUT2D eigenvalue weighted by molar-refractivity contribution is 7.15. The fraction of sp³-hybridized carbons (Fsp3) is 0.500. The third-order valence-electron chi connectivity index (χ3n) is 3.48. The molecule has 2 aromatic rings. The predicted octanol–water partition coefficient (Wildman–Crippen LogP) is 5.18. The summed E-state index contributed by atoms with van der Waals surface area (Å²) in [4.78, 5) is 2.94. The monoisotopic (exact) mass is 261 g/mol. The molecule has 2 heterocycles. The Hall–Kier alpha value is -1.02. The molecule has 0 aliphatic carbocycles. The van der Waals surface area contributed by atoms with E-state index in [1.54, 1.807) is 0 Å². The van der Waals surface area contributed by atoms with Gasteiger partial charge in [0.05, 0.1) is 0 Å². The summed E-state index contributed by atoms with van der Waals surface area (Å²) in [5.41, 5.74) is 2.68. The lowest BCUT2D eigenvalue weighted by atomic mass is 10.1. The second kappa shape index (κ2) is 6.24. The van der Waals surface area contributed by atoms with Crippen LogP contribution in [0.4, 0.5) is 0 Å². The van der Waals surface area contributed by atoms with Gasteiger partial charge in [-0.3, -0.25) is 0 Å². The first kappa shape index (κ1) is 13.4. The molecular weight excluding hydrogens is 238 g/mol. The van der Waals surface area contributed by atoms with Crippen LogP contribution >= 0.6 is 11.3 Å². The van der Waals surface area contributed by atoms with Gasteiger partial charge in [-0.25, -0.2) is 0 Å². The summed E-state index contributed by atoms with van der Waals surface area (Å²) >= 11 is 1.95. The zero-order valence-corrected chi connectivity index (χ0v) is 12.5. The first-order valence-electron chi connectivity index (χ1n) is 6.92. The Morgan fingerprint density at radius 3 is 2.67 bits per heavy atom. The van der Waals surface area contributed by atoms with Gasteiger partial charge in [0.25, 0.3) is 0 Å². The lowest BCUT2D eigenvalue weighted by Gasteiger charge is -1.96. The average molecular weight is 261 g/mol. The molecule has 1 nitrogen and oxygen atoms in total. The second-order valence-corrected chi connectivity index (χ2v) is 6.23. The molecular formula is C16H23NS. The van der Waals surface area contributed by atoms with Crippen molar-refractivity contribution in [2.24, 2.45) is 7.05 Å². The summed E-state index contributed by atoms with van der Waals surface area (Å²) < 4.78 is 2.19. The van der Waals surface area contributed by atoms with E-state index in [0.717, 1.165) is 0 Å². The minimum absolute atomic E-state index is 1.25. The highest BCUT2D eigenvalue weighted by Gasteiger charge is 2.05. The van der Waals surface area contributed by atoms with Crippen LogP contribution in [0, 0.1) is 6.92 Å². The lowest BCUT2D eigenvalue weighted by molar-refractivity contribution is 0.670. The van der Waals surface area contributed by atoms with Crippen molar-refractivity contribution in [3.8, 4) is 10.4 Å². The van der Waals surface area contributed by atoms with Crippen LogP contribution < -0.4 is 0 Å². The van der Waals surface area contributed by atoms with Gasteiger partial charge in [-0.05, 0) is 38.0 Å². The Bertz CT molecular complexity index is 473. The summed E-state index contributed by atoms with van der Waals surface area (Å²) in [5.74, 6) is 0. The van der Waals surface area contributed by atoms with Crippen molar-refractivity contribution in [2.75, 3.05) is 0 Å². The maximum atomic E-state index is 2.30. The highest BCUT2D eigenvalue weighted by Crippen LogP contribution is 2.30. The lowest BCUT2D eigenvalue weighted by Crippen LogP contribution is -1.85. The summed E-state index contributed by atoms with van der Waals surface area (Å²) in [6.07, 6.45) is 8.86. The van der Waals surface area contributed by atoms with Gasteiger partial charge in [0, 0.05) is 34.3 Å². The van der Waals surface area contributed by atoms with Crippen molar-refractivity contribution in [1.82, 2.24) is 4.57 Å². The SMILES string of the molecule is CCCCCCc1ccc(-c2cc(C)n(C)c2)s1. The number of unbranched alkanes of at least 4 members (excludes halogenated alkanes) is 3. The second-order valence-electron chi connectivity index (χ2n) is 5.06. The zero-order chi connectivity index (χ0) is 13.0. The molecule has 0 unspecified atom stereocenters. The zero-order valence-electron chi connectivity index (χ0n) is 11.7. The molecule has 0 aromatic carbocycles. The molecule has 2 heteroatoms. The van der Waals surface area contributed by atoms with Crippen molar-refractivity contribution in [3.63, 3.8) is 0 Å². The third kappa shape index (κ3) is 3.26. The van der Waals surface area contributed by atoms with E-state index in [1.807, 2.05) is 11.3 Å². The van der Waals surface area contributed by atoms with Gasteiger partial charge in [-0.1, -0.05) is 26.2 Å². The fourth-order valence-corrected chi connectivity index (χ4v) is 3.23. The molecule has 0 aliphatic heterocycles. The maximum Gasteiger partial charge on any atom is 0.0360 e. The van der Waals surface area contributed by atoms with Crippen LogP contribution in [0.25, 0.3) is 10.4 Å². The average Bonchev–Trinajstić information content (AvgIpc) is 2.93. The van der Waals surface area contributed by atoms with E-state index in [1.165, 1.54) is 53.1 Å². The summed E-state index contributed by atoms with van der Waals surface area (Å²) in [6.45, 7) is 4.42. The van der Waals surface area contributed by atoms with Crippen LogP contribution in [0.3, 0.4) is 0 Å². The smallest absolute Gasteiger partial charge is 0.0360 e. The topological polar surface area (TPSA) is 4.93 Å². The van der Waals surface area contributed by atoms with Gasteiger partial charge < -0.3 is 4.57 Å². The van der Waals surface area contributed by atoms with E-state index in [2.05, 4.69) is 49.9 Å². The molecule has 0 saturated carbocycles. The maximum absolute atomic E-state index is 2.30. The number of rotatable bonds is 6. The molecule has 0 amide bonds. The highest BCUT2D eigenvalue weighted by atomic mass is 32.1. The molecule has 0 fully saturated rings. The minimum atomic E-state index is 1.25. The molecule has 0 saturated heterocycles. The van der Waals surface area contributed by atoms with E-state index < -0.39 is 0 Å². The largest absolute Gasteiger partial charge is 0.354 e. The molecule has 0 spiro atoms. The Kier molecular flexibility index (Phi) is 4.65. The third-order valence-corrected chi connectivity index (χ3v) is 4.67. The van der Waals surface area contributed by atoms with Gasteiger partial charge >= 0.3 is 0 Å². The molecule has 0 N–H and O–H groups in total. The van der Waals surface area contributed by atoms with Crippen molar-refractivity contribution in [2.45, 2.75) is 46.0 Å². The molecule has 18 heavy (non-hydrogen) atoms. The number of nitrogens with zero attached hydrogens (tertiary/aromatic N) is 1. The summed E-state index contributed by atoms with van der Waals surface area (Å²) in [5, 5.41) is 0. The molecule has 98 valence electrons. The van der Waals surface area contributed by atoms with Gasteiger partial charge in [0.1, 0.15) is 0 Å². The van der Waals surface area contributed by atoms with E-state index in [4.69, 9.17) is 0 Å². The number of thiophene rings is 1. The van der Waals surface area contributed by atoms with Crippen LogP contribution in [0.2, 0.25) is 0 Å². The first-order chi connectivity index (χ1) is 8.70. The molecule has 2 aromatic heterocycles. The quantitative estimate of drug-likeness (QED) is 0.631. The number of hydrogen-bond donors (Lipinski definition) is 0. The first-order valence-corrected chi connectivity index (χ1v) is 7.74. The van der Waals surface area contributed by atoms with Crippen molar-refractivity contribution in [3.05, 3.63) is 35.0 Å². The molecule has 2 rings (SSSR count). The van der Waals surface area contributed by atoms with E-state index >= 15 is 0 Å². The van der Waals surface area contributed by atoms with E-state index in [-0.39, 0.29) is 0 Å². The van der Waals surface area contributed by atoms with Crippen molar-refractivity contribution < 1.29 is 0 Å². The van der Waals surface area contributed by atoms with Gasteiger partial charge in [-0.15, -0.1) is 11.3 Å². The standard InChI is InChI=1S/C16H23NS/c1-4-5-6-7-8-15-9-10-16(18-15)14-11-13(2)17(3)12-14/h9-12H,4-8H2,1-3H3. The van der Waals surface area contributed by atoms with Crippen LogP contribution in [0.1, 0.15) is 43.2 Å². The van der Waals surface area contributed by atoms with Crippen LogP contribution in [-0.4, -0.2) is 4.57 Å². The Morgan fingerprint density at radius 1 is 1.17 bits per heavy atom. The molecule has 0 aliphatic rings. The predicted molar refractivity (Wildman–Crippen MR) is 81.3 cm³/mol. The Labute approximate surface area is 114 Å². The molecule has 0 bridgehead atoms. The van der Waals surface area contributed by atoms with Crippen molar-refractivity contribution in [1.29, 1.82) is 0 Å². The van der Waals surface area contributed by atoms with Crippen LogP contribution in [0.15, 0.2) is 24.4 Å². The number of hydrogen-bond acceptors (Lipinski definition) is 1. The number of aromatic nitrogens is 1. The van der Waals surface area contributed by atoms with Crippen LogP contribution in [0.5, 0.6) is 0 Å². The molecule has 0 radical (unpaired) electrons. The summed E-state index contributed by atoms with van der Waals surface area (Å²) in [7, 11) is 2.11. The van der Waals surface area contributed by atoms with Gasteiger partial charge in [-0.2, -0.15) is 0 Å². The Balaban J connectivity index is 1.97. The van der Waals surface area contributed by atoms with E-state index in [9.17, 15) is 0 Å². The minimum Gasteiger partial charge on any atom is -0.354 e.